The van der Waals surface area contributed by atoms with Crippen LogP contribution in [0.2, 0.25) is 0 Å². The fourth-order valence-corrected chi connectivity index (χ4v) is 7.94. The Morgan fingerprint density at radius 3 is 2.14 bits per heavy atom. The van der Waals surface area contributed by atoms with Crippen LogP contribution in [0.1, 0.15) is 72.5 Å². The fourth-order valence-electron chi connectivity index (χ4n) is 7.94. The fraction of sp³-hybridized carbons (Fsp3) is 0.475. The van der Waals surface area contributed by atoms with Gasteiger partial charge in [0.2, 0.25) is 23.8 Å². The van der Waals surface area contributed by atoms with E-state index >= 15 is 0 Å². The van der Waals surface area contributed by atoms with Gasteiger partial charge >= 0.3 is 0 Å². The summed E-state index contributed by atoms with van der Waals surface area (Å²) in [5.41, 5.74) is 9.21. The number of ether oxygens (including phenoxy) is 2. The minimum Gasteiger partial charge on any atom is -0.508 e. The Morgan fingerprint density at radius 1 is 0.804 bits per heavy atom. The number of nitrogens with two attached hydrogens (primary N) is 1. The highest BCUT2D eigenvalue weighted by atomic mass is 16.5. The van der Waals surface area contributed by atoms with Crippen molar-refractivity contribution in [3.63, 3.8) is 0 Å². The molecule has 0 spiro atoms. The summed E-state index contributed by atoms with van der Waals surface area (Å²) >= 11 is 0. The highest BCUT2D eigenvalue weighted by molar-refractivity contribution is 5.97. The van der Waals surface area contributed by atoms with Crippen molar-refractivity contribution >= 4 is 29.7 Å². The van der Waals surface area contributed by atoms with Gasteiger partial charge in [-0.1, -0.05) is 19.9 Å². The van der Waals surface area contributed by atoms with Gasteiger partial charge < -0.3 is 45.0 Å². The number of nitrogen functional groups attached to an aromatic ring is 1. The lowest BCUT2D eigenvalue weighted by Crippen LogP contribution is -2.47. The van der Waals surface area contributed by atoms with E-state index in [0.717, 1.165) is 29.7 Å². The number of morpholine rings is 1. The highest BCUT2D eigenvalue weighted by Gasteiger charge is 2.33. The minimum atomic E-state index is -0.284. The topological polar surface area (TPSA) is 196 Å². The minimum absolute atomic E-state index is 0.00204. The summed E-state index contributed by atoms with van der Waals surface area (Å²) in [5.74, 6) is 2.13. The van der Waals surface area contributed by atoms with Gasteiger partial charge in [0.05, 0.1) is 24.3 Å². The van der Waals surface area contributed by atoms with Crippen LogP contribution in [-0.2, 0) is 22.6 Å². The van der Waals surface area contributed by atoms with Crippen molar-refractivity contribution in [2.45, 2.75) is 64.6 Å². The summed E-state index contributed by atoms with van der Waals surface area (Å²) in [6.07, 6.45) is 6.08. The molecule has 16 nitrogen and oxygen atoms in total. The molecule has 2 amide bonds. The third kappa shape index (κ3) is 7.83. The van der Waals surface area contributed by atoms with E-state index in [0.29, 0.717) is 107 Å². The normalized spacial score (nSPS) is 18.1. The number of carbonyl (C=O) groups is 2. The number of aromatic nitrogens is 5. The maximum Gasteiger partial charge on any atom is 0.258 e. The number of carbonyl (C=O) groups excluding carboxylic acids is 2. The van der Waals surface area contributed by atoms with Crippen LogP contribution in [0, 0.1) is 5.92 Å². The van der Waals surface area contributed by atoms with Gasteiger partial charge in [-0.15, -0.1) is 0 Å². The second-order valence-electron chi connectivity index (χ2n) is 15.3. The molecule has 8 rings (SSSR count). The van der Waals surface area contributed by atoms with Crippen LogP contribution in [0.25, 0.3) is 11.4 Å². The molecular formula is C40H48N10O6. The number of fused-ring (bicyclic) bond motifs is 1. The molecule has 4 N–H and O–H groups in total. The third-order valence-corrected chi connectivity index (χ3v) is 11.2. The van der Waals surface area contributed by atoms with E-state index in [1.54, 1.807) is 23.4 Å². The van der Waals surface area contributed by atoms with Crippen LogP contribution in [0.4, 0.5) is 17.8 Å². The Morgan fingerprint density at radius 2 is 1.46 bits per heavy atom. The number of piperidine rings is 2. The lowest BCUT2D eigenvalue weighted by molar-refractivity contribution is -0.138. The van der Waals surface area contributed by atoms with Crippen molar-refractivity contribution in [2.75, 3.05) is 68.0 Å². The molecule has 4 aromatic rings. The monoisotopic (exact) mass is 764 g/mol. The Labute approximate surface area is 325 Å². The molecule has 4 aliphatic rings. The number of rotatable bonds is 8. The largest absolute Gasteiger partial charge is 0.508 e. The standard InChI is InChI=1S/C40H48N10O6/c1-24(2)31-18-32(34(52)19-33(31)51)37(54)50-22-26-3-4-30(17-27(26)23-50)56-29-7-11-47(12-8-29)36(53)25-5-9-48(10-6-25)39-44-35(28-20-42-38(41)43-21-28)45-40(46-39)49-13-15-55-16-14-49/h3-4,17-21,24-25,29,51-52H,5-16,22-23H2,1-2H3,(H2,41,42,43). The van der Waals surface area contributed by atoms with Crippen molar-refractivity contribution in [3.8, 4) is 28.6 Å². The molecule has 16 heteroatoms. The molecule has 3 fully saturated rings. The maximum atomic E-state index is 13.7. The zero-order valence-corrected chi connectivity index (χ0v) is 31.8. The summed E-state index contributed by atoms with van der Waals surface area (Å²) < 4.78 is 12.0. The number of hydrogen-bond acceptors (Lipinski definition) is 14. The first-order valence-corrected chi connectivity index (χ1v) is 19.4. The number of amides is 2. The number of phenols is 2. The number of aromatic hydroxyl groups is 2. The maximum absolute atomic E-state index is 13.7. The van der Waals surface area contributed by atoms with E-state index in [2.05, 4.69) is 19.8 Å². The van der Waals surface area contributed by atoms with E-state index in [1.165, 1.54) is 6.07 Å². The van der Waals surface area contributed by atoms with E-state index < -0.39 is 0 Å². The molecule has 0 unspecified atom stereocenters. The lowest BCUT2D eigenvalue weighted by atomic mass is 9.94. The summed E-state index contributed by atoms with van der Waals surface area (Å²) in [7, 11) is 0. The van der Waals surface area contributed by atoms with E-state index in [-0.39, 0.29) is 52.8 Å². The van der Waals surface area contributed by atoms with Crippen LogP contribution in [0.3, 0.4) is 0 Å². The predicted molar refractivity (Wildman–Crippen MR) is 207 cm³/mol. The van der Waals surface area contributed by atoms with Gasteiger partial charge in [0, 0.05) is 89.6 Å². The van der Waals surface area contributed by atoms with Crippen LogP contribution in [0.5, 0.6) is 17.2 Å². The van der Waals surface area contributed by atoms with Crippen molar-refractivity contribution < 1.29 is 29.3 Å². The summed E-state index contributed by atoms with van der Waals surface area (Å²) in [4.78, 5) is 57.7. The number of anilines is 3. The first kappa shape index (κ1) is 37.2. The van der Waals surface area contributed by atoms with Gasteiger partial charge in [0.1, 0.15) is 23.4 Å². The third-order valence-electron chi connectivity index (χ3n) is 11.2. The van der Waals surface area contributed by atoms with Gasteiger partial charge in [-0.3, -0.25) is 9.59 Å². The number of benzene rings is 2. The zero-order valence-electron chi connectivity index (χ0n) is 31.8. The molecular weight excluding hydrogens is 717 g/mol. The Hall–Kier alpha value is -5.77. The van der Waals surface area contributed by atoms with Crippen molar-refractivity contribution in [1.29, 1.82) is 0 Å². The average Bonchev–Trinajstić information content (AvgIpc) is 3.65. The van der Waals surface area contributed by atoms with Crippen molar-refractivity contribution in [2.24, 2.45) is 5.92 Å². The van der Waals surface area contributed by atoms with Gasteiger partial charge in [-0.25, -0.2) is 9.97 Å². The molecule has 0 bridgehead atoms. The molecule has 0 radical (unpaired) electrons. The molecule has 3 saturated heterocycles. The van der Waals surface area contributed by atoms with Crippen LogP contribution in [-0.4, -0.2) is 115 Å². The number of likely N-dealkylation sites (tertiary alicyclic amines) is 1. The molecule has 56 heavy (non-hydrogen) atoms. The van der Waals surface area contributed by atoms with Gasteiger partial charge in [0.25, 0.3) is 5.91 Å². The Balaban J connectivity index is 0.843. The van der Waals surface area contributed by atoms with Crippen molar-refractivity contribution in [3.05, 3.63) is 65.0 Å². The van der Waals surface area contributed by atoms with Crippen LogP contribution in [0.15, 0.2) is 42.7 Å². The first-order valence-electron chi connectivity index (χ1n) is 19.4. The Bertz CT molecular complexity index is 2080. The van der Waals surface area contributed by atoms with Gasteiger partial charge in [-0.2, -0.15) is 15.0 Å². The van der Waals surface area contributed by atoms with Crippen molar-refractivity contribution in [1.82, 2.24) is 34.7 Å². The summed E-state index contributed by atoms with van der Waals surface area (Å²) in [6, 6.07) is 8.76. The molecule has 0 aliphatic carbocycles. The van der Waals surface area contributed by atoms with E-state index in [1.807, 2.05) is 36.9 Å². The first-order chi connectivity index (χ1) is 27.1. The molecule has 2 aromatic heterocycles. The molecule has 0 saturated carbocycles. The van der Waals surface area contributed by atoms with Crippen LogP contribution >= 0.6 is 0 Å². The van der Waals surface area contributed by atoms with Crippen LogP contribution < -0.4 is 20.3 Å². The van der Waals surface area contributed by atoms with E-state index in [4.69, 9.17) is 30.2 Å². The second kappa shape index (κ2) is 15.8. The molecule has 6 heterocycles. The molecule has 0 atom stereocenters. The van der Waals surface area contributed by atoms with Gasteiger partial charge in [0.15, 0.2) is 5.82 Å². The smallest absolute Gasteiger partial charge is 0.258 e. The quantitative estimate of drug-likeness (QED) is 0.235. The summed E-state index contributed by atoms with van der Waals surface area (Å²) in [5, 5.41) is 20.7. The summed E-state index contributed by atoms with van der Waals surface area (Å²) in [6.45, 7) is 9.82. The molecule has 2 aromatic carbocycles. The number of phenolic OH excluding ortho intramolecular Hbond substituents is 2. The lowest BCUT2D eigenvalue weighted by Gasteiger charge is -2.37. The number of nitrogens with zero attached hydrogens (tertiary/aromatic N) is 9. The average molecular weight is 765 g/mol. The highest BCUT2D eigenvalue weighted by Crippen LogP contribution is 2.36. The second-order valence-corrected chi connectivity index (χ2v) is 15.3. The zero-order chi connectivity index (χ0) is 38.9. The SMILES string of the molecule is CC(C)c1cc(C(=O)N2Cc3ccc(OC4CCN(C(=O)C5CCN(c6nc(-c7cnc(N)nc7)nc(N7CCOCC7)n6)CC5)CC4)cc3C2)c(O)cc1O. The Kier molecular flexibility index (Phi) is 10.5. The molecule has 4 aliphatic heterocycles. The molecule has 294 valence electrons. The van der Waals surface area contributed by atoms with Gasteiger partial charge in [-0.05, 0) is 53.6 Å². The number of hydrogen-bond donors (Lipinski definition) is 3. The van der Waals surface area contributed by atoms with E-state index in [9.17, 15) is 19.8 Å². The predicted octanol–water partition coefficient (Wildman–Crippen LogP) is 3.72.